The summed E-state index contributed by atoms with van der Waals surface area (Å²) >= 11 is 0. The molecule has 0 radical (unpaired) electrons. The summed E-state index contributed by atoms with van der Waals surface area (Å²) in [5, 5.41) is 8.58. The molecule has 0 spiro atoms. The predicted molar refractivity (Wildman–Crippen MR) is 50.4 cm³/mol. The minimum Gasteiger partial charge on any atom is -0.464 e. The highest BCUT2D eigenvalue weighted by molar-refractivity contribution is 5.69. The van der Waals surface area contributed by atoms with Gasteiger partial charge in [-0.2, -0.15) is 0 Å². The first-order valence-electron chi connectivity index (χ1n) is 4.65. The summed E-state index contributed by atoms with van der Waals surface area (Å²) in [6, 6.07) is 0. The number of aliphatic hydroxyl groups excluding tert-OH is 1. The van der Waals surface area contributed by atoms with Crippen LogP contribution in [-0.2, 0) is 9.53 Å². The number of hydrogen-bond acceptors (Lipinski definition) is 4. The van der Waals surface area contributed by atoms with Gasteiger partial charge in [-0.1, -0.05) is 6.92 Å². The van der Waals surface area contributed by atoms with E-state index in [2.05, 4.69) is 0 Å². The van der Waals surface area contributed by atoms with Gasteiger partial charge in [0.2, 0.25) is 0 Å². The zero-order valence-corrected chi connectivity index (χ0v) is 8.45. The fraction of sp³-hybridized carbons (Fsp3) is 0.889. The van der Waals surface area contributed by atoms with E-state index in [1.807, 2.05) is 18.9 Å². The quantitative estimate of drug-likeness (QED) is 0.583. The highest BCUT2D eigenvalue weighted by Crippen LogP contribution is 1.91. The van der Waals surface area contributed by atoms with Gasteiger partial charge in [-0.3, -0.25) is 4.79 Å². The second kappa shape index (κ2) is 8.01. The van der Waals surface area contributed by atoms with Crippen LogP contribution >= 0.6 is 0 Å². The van der Waals surface area contributed by atoms with Crippen molar-refractivity contribution in [2.45, 2.75) is 19.8 Å². The van der Waals surface area contributed by atoms with Crippen molar-refractivity contribution in [1.29, 1.82) is 0 Å². The molecule has 0 aromatic heterocycles. The number of carbonyl (C=O) groups is 1. The summed E-state index contributed by atoms with van der Waals surface area (Å²) < 4.78 is 4.94. The summed E-state index contributed by atoms with van der Waals surface area (Å²) in [5.41, 5.74) is 0. The number of carbonyl (C=O) groups excluding carboxylic acids is 1. The Morgan fingerprint density at radius 1 is 1.46 bits per heavy atom. The standard InChI is InChI=1S/C9H19NO3/c1-3-4-9(12)13-8-6-10(2)5-7-11/h11H,3-8H2,1-2H3. The van der Waals surface area contributed by atoms with Crippen LogP contribution in [0.1, 0.15) is 19.8 Å². The molecule has 0 rings (SSSR count). The first-order valence-corrected chi connectivity index (χ1v) is 4.65. The van der Waals surface area contributed by atoms with E-state index in [9.17, 15) is 4.79 Å². The Morgan fingerprint density at radius 3 is 2.69 bits per heavy atom. The van der Waals surface area contributed by atoms with Gasteiger partial charge in [0.15, 0.2) is 0 Å². The molecule has 0 bridgehead atoms. The zero-order valence-electron chi connectivity index (χ0n) is 8.45. The van der Waals surface area contributed by atoms with Gasteiger partial charge >= 0.3 is 5.97 Å². The molecule has 0 aliphatic carbocycles. The molecule has 78 valence electrons. The lowest BCUT2D eigenvalue weighted by molar-refractivity contribution is -0.144. The number of esters is 1. The van der Waals surface area contributed by atoms with E-state index >= 15 is 0 Å². The Bertz CT molecular complexity index is 139. The van der Waals surface area contributed by atoms with Gasteiger partial charge in [0.05, 0.1) is 6.61 Å². The molecular formula is C9H19NO3. The topological polar surface area (TPSA) is 49.8 Å². The molecule has 0 saturated heterocycles. The van der Waals surface area contributed by atoms with Crippen LogP contribution < -0.4 is 0 Å². The molecule has 0 saturated carbocycles. The Labute approximate surface area is 79.5 Å². The van der Waals surface area contributed by atoms with Gasteiger partial charge in [0.25, 0.3) is 0 Å². The van der Waals surface area contributed by atoms with Crippen LogP contribution in [0.4, 0.5) is 0 Å². The molecule has 4 nitrogen and oxygen atoms in total. The van der Waals surface area contributed by atoms with Gasteiger partial charge in [0.1, 0.15) is 6.61 Å². The molecule has 0 aliphatic rings. The van der Waals surface area contributed by atoms with Crippen molar-refractivity contribution in [2.24, 2.45) is 0 Å². The van der Waals surface area contributed by atoms with Gasteiger partial charge in [0, 0.05) is 19.5 Å². The van der Waals surface area contributed by atoms with Crippen molar-refractivity contribution in [3.63, 3.8) is 0 Å². The average molecular weight is 189 g/mol. The van der Waals surface area contributed by atoms with E-state index in [1.54, 1.807) is 0 Å². The lowest BCUT2D eigenvalue weighted by Gasteiger charge is -2.14. The molecule has 0 unspecified atom stereocenters. The van der Waals surface area contributed by atoms with E-state index in [1.165, 1.54) is 0 Å². The Kier molecular flexibility index (Phi) is 7.63. The number of ether oxygens (including phenoxy) is 1. The third kappa shape index (κ3) is 7.74. The van der Waals surface area contributed by atoms with E-state index in [-0.39, 0.29) is 12.6 Å². The first-order chi connectivity index (χ1) is 6.20. The number of likely N-dealkylation sites (N-methyl/N-ethyl adjacent to an activating group) is 1. The Morgan fingerprint density at radius 2 is 2.15 bits per heavy atom. The van der Waals surface area contributed by atoms with E-state index in [4.69, 9.17) is 9.84 Å². The summed E-state index contributed by atoms with van der Waals surface area (Å²) in [4.78, 5) is 12.8. The largest absolute Gasteiger partial charge is 0.464 e. The predicted octanol–water partition coefficient (Wildman–Crippen LogP) is 0.254. The van der Waals surface area contributed by atoms with Crippen molar-refractivity contribution in [1.82, 2.24) is 4.90 Å². The molecule has 0 fully saturated rings. The second-order valence-electron chi connectivity index (χ2n) is 3.00. The van der Waals surface area contributed by atoms with Crippen LogP contribution in [0, 0.1) is 0 Å². The van der Waals surface area contributed by atoms with Crippen molar-refractivity contribution >= 4 is 5.97 Å². The van der Waals surface area contributed by atoms with E-state index in [0.717, 1.165) is 6.42 Å². The van der Waals surface area contributed by atoms with Crippen LogP contribution in [0.25, 0.3) is 0 Å². The van der Waals surface area contributed by atoms with Crippen molar-refractivity contribution in [2.75, 3.05) is 33.4 Å². The summed E-state index contributed by atoms with van der Waals surface area (Å²) in [5.74, 6) is -0.139. The molecule has 0 amide bonds. The number of nitrogens with zero attached hydrogens (tertiary/aromatic N) is 1. The van der Waals surface area contributed by atoms with Crippen LogP contribution in [0.3, 0.4) is 0 Å². The van der Waals surface area contributed by atoms with Crippen LogP contribution in [0.5, 0.6) is 0 Å². The maximum absolute atomic E-state index is 10.9. The third-order valence-electron chi connectivity index (χ3n) is 1.67. The first kappa shape index (κ1) is 12.4. The van der Waals surface area contributed by atoms with Crippen LogP contribution in [0.2, 0.25) is 0 Å². The summed E-state index contributed by atoms with van der Waals surface area (Å²) in [6.07, 6.45) is 1.31. The minimum atomic E-state index is -0.139. The van der Waals surface area contributed by atoms with Crippen LogP contribution in [-0.4, -0.2) is 49.3 Å². The number of hydrogen-bond donors (Lipinski definition) is 1. The molecule has 0 heterocycles. The SMILES string of the molecule is CCCC(=O)OCCN(C)CCO. The molecule has 0 atom stereocenters. The molecule has 4 heteroatoms. The van der Waals surface area contributed by atoms with E-state index < -0.39 is 0 Å². The van der Waals surface area contributed by atoms with Crippen molar-refractivity contribution in [3.05, 3.63) is 0 Å². The van der Waals surface area contributed by atoms with Crippen LogP contribution in [0.15, 0.2) is 0 Å². The minimum absolute atomic E-state index is 0.138. The molecule has 0 aromatic rings. The fourth-order valence-corrected chi connectivity index (χ4v) is 0.874. The lowest BCUT2D eigenvalue weighted by Crippen LogP contribution is -2.27. The van der Waals surface area contributed by atoms with Gasteiger partial charge in [-0.15, -0.1) is 0 Å². The second-order valence-corrected chi connectivity index (χ2v) is 3.00. The van der Waals surface area contributed by atoms with E-state index in [0.29, 0.717) is 26.1 Å². The van der Waals surface area contributed by atoms with Gasteiger partial charge in [-0.05, 0) is 13.5 Å². The fourth-order valence-electron chi connectivity index (χ4n) is 0.874. The molecule has 1 N–H and O–H groups in total. The number of rotatable bonds is 7. The van der Waals surface area contributed by atoms with Crippen molar-refractivity contribution in [3.8, 4) is 0 Å². The van der Waals surface area contributed by atoms with Crippen molar-refractivity contribution < 1.29 is 14.6 Å². The van der Waals surface area contributed by atoms with Gasteiger partial charge in [-0.25, -0.2) is 0 Å². The molecular weight excluding hydrogens is 170 g/mol. The summed E-state index contributed by atoms with van der Waals surface area (Å²) in [7, 11) is 1.88. The zero-order chi connectivity index (χ0) is 10.1. The average Bonchev–Trinajstić information content (AvgIpc) is 2.05. The molecule has 13 heavy (non-hydrogen) atoms. The highest BCUT2D eigenvalue weighted by atomic mass is 16.5. The molecule has 0 aromatic carbocycles. The smallest absolute Gasteiger partial charge is 0.305 e. The Hall–Kier alpha value is -0.610. The van der Waals surface area contributed by atoms with Gasteiger partial charge < -0.3 is 14.7 Å². The molecule has 0 aliphatic heterocycles. The normalized spacial score (nSPS) is 10.5. The summed E-state index contributed by atoms with van der Waals surface area (Å²) in [6.45, 7) is 3.79. The Balaban J connectivity index is 3.28. The maximum atomic E-state index is 10.9. The maximum Gasteiger partial charge on any atom is 0.305 e. The monoisotopic (exact) mass is 189 g/mol. The lowest BCUT2D eigenvalue weighted by atomic mass is 10.3. The highest BCUT2D eigenvalue weighted by Gasteiger charge is 2.01. The third-order valence-corrected chi connectivity index (χ3v) is 1.67. The number of aliphatic hydroxyl groups is 1.